The molecule has 0 radical (unpaired) electrons. The monoisotopic (exact) mass is 311 g/mol. The molecule has 0 atom stereocenters. The molecule has 0 saturated heterocycles. The van der Waals surface area contributed by atoms with Crippen LogP contribution >= 0.6 is 23.3 Å². The first kappa shape index (κ1) is 14.4. The van der Waals surface area contributed by atoms with Crippen molar-refractivity contribution in [3.8, 4) is 0 Å². The van der Waals surface area contributed by atoms with Gasteiger partial charge in [0.05, 0.1) is 15.4 Å². The van der Waals surface area contributed by atoms with E-state index in [0.717, 1.165) is 23.3 Å². The molecule has 0 bridgehead atoms. The van der Waals surface area contributed by atoms with Crippen LogP contribution in [0.2, 0.25) is 0 Å². The van der Waals surface area contributed by atoms with Crippen molar-refractivity contribution in [3.63, 3.8) is 0 Å². The van der Waals surface area contributed by atoms with Gasteiger partial charge in [-0.2, -0.15) is 4.37 Å². The summed E-state index contributed by atoms with van der Waals surface area (Å²) in [6.07, 6.45) is 0.675. The summed E-state index contributed by atoms with van der Waals surface area (Å²) < 4.78 is 4.64. The van der Waals surface area contributed by atoms with Gasteiger partial charge in [0.1, 0.15) is 5.82 Å². The van der Waals surface area contributed by atoms with Crippen molar-refractivity contribution >= 4 is 35.0 Å². The van der Waals surface area contributed by atoms with E-state index in [2.05, 4.69) is 9.36 Å². The number of nitro groups is 1. The maximum atomic E-state index is 11.0. The quantitative estimate of drug-likeness (QED) is 0.668. The Morgan fingerprint density at radius 1 is 1.55 bits per heavy atom. The van der Waals surface area contributed by atoms with Crippen molar-refractivity contribution in [2.24, 2.45) is 0 Å². The summed E-state index contributed by atoms with van der Waals surface area (Å²) in [6, 6.07) is 3.67. The first-order chi connectivity index (χ1) is 9.51. The van der Waals surface area contributed by atoms with E-state index in [0.29, 0.717) is 16.6 Å². The van der Waals surface area contributed by atoms with Gasteiger partial charge in [0.15, 0.2) is 4.34 Å². The van der Waals surface area contributed by atoms with E-state index in [1.807, 2.05) is 6.92 Å². The predicted octanol–water partition coefficient (Wildman–Crippen LogP) is 2.86. The van der Waals surface area contributed by atoms with E-state index >= 15 is 0 Å². The van der Waals surface area contributed by atoms with Crippen LogP contribution in [0, 0.1) is 10.1 Å². The first-order valence-corrected chi connectivity index (χ1v) is 7.12. The summed E-state index contributed by atoms with van der Waals surface area (Å²) in [5.74, 6) is -0.470. The maximum absolute atomic E-state index is 11.0. The van der Waals surface area contributed by atoms with E-state index in [1.54, 1.807) is 0 Å². The molecule has 104 valence electrons. The van der Waals surface area contributed by atoms with Crippen LogP contribution in [0.3, 0.4) is 0 Å². The summed E-state index contributed by atoms with van der Waals surface area (Å²) in [5, 5.41) is 19.9. The predicted molar refractivity (Wildman–Crippen MR) is 73.5 cm³/mol. The third kappa shape index (κ3) is 3.11. The van der Waals surface area contributed by atoms with Gasteiger partial charge in [0.2, 0.25) is 0 Å². The Hall–Kier alpha value is -2.00. The van der Waals surface area contributed by atoms with Crippen LogP contribution in [0.5, 0.6) is 0 Å². The Bertz CT molecular complexity index is 671. The second kappa shape index (κ2) is 5.97. The summed E-state index contributed by atoms with van der Waals surface area (Å²) in [6.45, 7) is 1.91. The Balaban J connectivity index is 2.39. The van der Waals surface area contributed by atoms with Crippen LogP contribution in [0.4, 0.5) is 5.69 Å². The largest absolute Gasteiger partial charge is 0.478 e. The molecule has 0 unspecified atom stereocenters. The van der Waals surface area contributed by atoms with Crippen molar-refractivity contribution in [2.45, 2.75) is 22.6 Å². The molecule has 7 nitrogen and oxygen atoms in total. The molecule has 1 heterocycles. The summed E-state index contributed by atoms with van der Waals surface area (Å²) >= 11 is 2.19. The van der Waals surface area contributed by atoms with E-state index < -0.39 is 10.9 Å². The molecule has 0 saturated carbocycles. The van der Waals surface area contributed by atoms with Crippen molar-refractivity contribution < 1.29 is 14.8 Å². The van der Waals surface area contributed by atoms with Gasteiger partial charge >= 0.3 is 5.97 Å². The van der Waals surface area contributed by atoms with Crippen LogP contribution in [0.25, 0.3) is 0 Å². The number of carbonyl (C=O) groups is 1. The fraction of sp³-hybridized carbons (Fsp3) is 0.182. The zero-order valence-electron chi connectivity index (χ0n) is 10.3. The Morgan fingerprint density at radius 2 is 2.30 bits per heavy atom. The molecule has 2 rings (SSSR count). The number of nitrogens with zero attached hydrogens (tertiary/aromatic N) is 3. The molecule has 2 aromatic rings. The number of rotatable bonds is 5. The minimum absolute atomic E-state index is 0.00155. The van der Waals surface area contributed by atoms with Gasteiger partial charge in [-0.1, -0.05) is 18.7 Å². The van der Waals surface area contributed by atoms with Gasteiger partial charge in [-0.25, -0.2) is 9.78 Å². The van der Waals surface area contributed by atoms with Gasteiger partial charge in [0.25, 0.3) is 5.69 Å². The molecular formula is C11H9N3O4S2. The van der Waals surface area contributed by atoms with E-state index in [4.69, 9.17) is 5.11 Å². The first-order valence-electron chi connectivity index (χ1n) is 5.53. The number of benzene rings is 1. The number of aromatic nitrogens is 2. The third-order valence-electron chi connectivity index (χ3n) is 2.37. The molecule has 1 N–H and O–H groups in total. The van der Waals surface area contributed by atoms with E-state index in [-0.39, 0.29) is 16.1 Å². The molecule has 0 aliphatic carbocycles. The minimum atomic E-state index is -1.13. The van der Waals surface area contributed by atoms with Crippen LogP contribution in [-0.2, 0) is 6.42 Å². The van der Waals surface area contributed by atoms with Gasteiger partial charge < -0.3 is 5.11 Å². The van der Waals surface area contributed by atoms with Gasteiger partial charge in [-0.05, 0) is 23.7 Å². The highest BCUT2D eigenvalue weighted by Gasteiger charge is 2.19. The normalized spacial score (nSPS) is 10.4. The number of aryl methyl sites for hydroxylation is 1. The molecule has 0 aliphatic rings. The van der Waals surface area contributed by atoms with Crippen molar-refractivity contribution in [1.82, 2.24) is 9.36 Å². The molecule has 1 aromatic heterocycles. The molecular weight excluding hydrogens is 302 g/mol. The number of hydrogen-bond donors (Lipinski definition) is 1. The topological polar surface area (TPSA) is 106 Å². The number of nitro benzene ring substituents is 1. The lowest BCUT2D eigenvalue weighted by atomic mass is 10.2. The minimum Gasteiger partial charge on any atom is -0.478 e. The highest BCUT2D eigenvalue weighted by Crippen LogP contribution is 2.36. The summed E-state index contributed by atoms with van der Waals surface area (Å²) in [7, 11) is 0. The highest BCUT2D eigenvalue weighted by atomic mass is 32.2. The zero-order valence-corrected chi connectivity index (χ0v) is 11.9. The number of aromatic carboxylic acids is 1. The van der Waals surface area contributed by atoms with Crippen molar-refractivity contribution in [2.75, 3.05) is 0 Å². The van der Waals surface area contributed by atoms with Crippen LogP contribution < -0.4 is 0 Å². The zero-order chi connectivity index (χ0) is 14.7. The Morgan fingerprint density at radius 3 is 2.85 bits per heavy atom. The van der Waals surface area contributed by atoms with Crippen LogP contribution in [-0.4, -0.2) is 25.4 Å². The third-order valence-corrected chi connectivity index (χ3v) is 4.20. The average Bonchev–Trinajstić information content (AvgIpc) is 2.86. The van der Waals surface area contributed by atoms with E-state index in [9.17, 15) is 14.9 Å². The Labute approximate surface area is 122 Å². The van der Waals surface area contributed by atoms with Crippen LogP contribution in [0.15, 0.2) is 27.4 Å². The van der Waals surface area contributed by atoms with Crippen molar-refractivity contribution in [3.05, 3.63) is 39.7 Å². The number of carboxylic acid groups (broad SMARTS) is 1. The lowest BCUT2D eigenvalue weighted by Crippen LogP contribution is -1.98. The molecule has 0 spiro atoms. The molecule has 9 heteroatoms. The average molecular weight is 311 g/mol. The lowest BCUT2D eigenvalue weighted by molar-refractivity contribution is -0.387. The second-order valence-corrected chi connectivity index (χ2v) is 5.72. The van der Waals surface area contributed by atoms with Gasteiger partial charge in [0, 0.05) is 12.5 Å². The summed E-state index contributed by atoms with van der Waals surface area (Å²) in [4.78, 5) is 25.8. The van der Waals surface area contributed by atoms with Gasteiger partial charge in [-0.3, -0.25) is 10.1 Å². The maximum Gasteiger partial charge on any atom is 0.335 e. The van der Waals surface area contributed by atoms with Crippen LogP contribution in [0.1, 0.15) is 23.1 Å². The standard InChI is InChI=1S/C11H9N3O4S2/c1-2-9-12-11(20-13-9)19-8-5-6(10(15)16)3-4-7(8)14(17)18/h3-5H,2H2,1H3,(H,15,16). The fourth-order valence-corrected chi connectivity index (χ4v) is 3.20. The van der Waals surface area contributed by atoms with Crippen molar-refractivity contribution in [1.29, 1.82) is 0 Å². The SMILES string of the molecule is CCc1nsc(Sc2cc(C(=O)O)ccc2[N+](=O)[O-])n1. The molecule has 1 aromatic carbocycles. The summed E-state index contributed by atoms with van der Waals surface area (Å²) in [5.41, 5.74) is -0.147. The number of hydrogen-bond acceptors (Lipinski definition) is 7. The lowest BCUT2D eigenvalue weighted by Gasteiger charge is -2.01. The second-order valence-electron chi connectivity index (χ2n) is 3.68. The Kier molecular flexibility index (Phi) is 4.30. The molecule has 0 amide bonds. The number of carboxylic acids is 1. The fourth-order valence-electron chi connectivity index (χ4n) is 1.40. The highest BCUT2D eigenvalue weighted by molar-refractivity contribution is 8.01. The molecule has 20 heavy (non-hydrogen) atoms. The smallest absolute Gasteiger partial charge is 0.335 e. The van der Waals surface area contributed by atoms with E-state index in [1.165, 1.54) is 18.2 Å². The molecule has 0 aliphatic heterocycles. The van der Waals surface area contributed by atoms with Gasteiger partial charge in [-0.15, -0.1) is 0 Å². The molecule has 0 fully saturated rings.